The number of rotatable bonds is 7. The molecule has 186 valence electrons. The molecule has 0 unspecified atom stereocenters. The number of hydrogen-bond acceptors (Lipinski definition) is 8. The van der Waals surface area contributed by atoms with Gasteiger partial charge >= 0.3 is 0 Å². The number of likely N-dealkylation sites (tertiary alicyclic amines) is 1. The Labute approximate surface area is 207 Å². The lowest BCUT2D eigenvalue weighted by molar-refractivity contribution is -0.142. The molecule has 2 heterocycles. The van der Waals surface area contributed by atoms with Crippen LogP contribution in [-0.2, 0) is 16.0 Å². The van der Waals surface area contributed by atoms with Crippen LogP contribution in [0.3, 0.4) is 0 Å². The van der Waals surface area contributed by atoms with Crippen molar-refractivity contribution in [1.82, 2.24) is 36.2 Å². The van der Waals surface area contributed by atoms with Crippen molar-refractivity contribution in [2.24, 2.45) is 5.41 Å². The highest BCUT2D eigenvalue weighted by molar-refractivity contribution is 6.33. The van der Waals surface area contributed by atoms with E-state index in [-0.39, 0.29) is 28.7 Å². The van der Waals surface area contributed by atoms with E-state index in [1.807, 2.05) is 26.8 Å². The van der Waals surface area contributed by atoms with E-state index >= 15 is 0 Å². The highest BCUT2D eigenvalue weighted by Gasteiger charge is 2.42. The largest absolute Gasteiger partial charge is 0.398 e. The van der Waals surface area contributed by atoms with Crippen LogP contribution in [0.25, 0.3) is 0 Å². The first kappa shape index (κ1) is 25.9. The zero-order valence-electron chi connectivity index (χ0n) is 19.7. The first-order valence-electron chi connectivity index (χ1n) is 11.1. The number of nitrogens with zero attached hydrogens (tertiary/aromatic N) is 5. The van der Waals surface area contributed by atoms with Gasteiger partial charge < -0.3 is 21.3 Å². The number of halogens is 1. The first-order chi connectivity index (χ1) is 16.5. The van der Waals surface area contributed by atoms with Gasteiger partial charge in [-0.05, 0) is 36.5 Å². The Morgan fingerprint density at radius 3 is 2.69 bits per heavy atom. The Bertz CT molecular complexity index is 1120. The minimum Gasteiger partial charge on any atom is -0.398 e. The van der Waals surface area contributed by atoms with Gasteiger partial charge in [-0.3, -0.25) is 14.4 Å². The van der Waals surface area contributed by atoms with Gasteiger partial charge in [-0.15, -0.1) is 10.2 Å². The quantitative estimate of drug-likeness (QED) is 0.402. The number of carbonyl (C=O) groups excluding carboxylic acids is 3. The maximum absolute atomic E-state index is 13.6. The van der Waals surface area contributed by atoms with Gasteiger partial charge in [0, 0.05) is 18.5 Å². The van der Waals surface area contributed by atoms with Gasteiger partial charge in [-0.25, -0.2) is 0 Å². The van der Waals surface area contributed by atoms with E-state index in [2.05, 4.69) is 31.3 Å². The van der Waals surface area contributed by atoms with Crippen LogP contribution in [0.4, 0.5) is 5.69 Å². The third-order valence-electron chi connectivity index (χ3n) is 5.74. The SMILES string of the molecule is CC(C)(C)[C@H](NC(=O)c1ccc(N)c(Cl)c1)C(=O)N1CCC[C@H]1C(=O)N[C@H](C#N)Cc1nn[nH]n1. The number of aromatic amines is 1. The third kappa shape index (κ3) is 6.24. The summed E-state index contributed by atoms with van der Waals surface area (Å²) in [4.78, 5) is 41.0. The Morgan fingerprint density at radius 1 is 1.34 bits per heavy atom. The number of anilines is 1. The molecular weight excluding hydrogens is 474 g/mol. The highest BCUT2D eigenvalue weighted by atomic mass is 35.5. The van der Waals surface area contributed by atoms with Crippen LogP contribution in [0, 0.1) is 16.7 Å². The monoisotopic (exact) mass is 501 g/mol. The molecule has 1 fully saturated rings. The maximum Gasteiger partial charge on any atom is 0.252 e. The van der Waals surface area contributed by atoms with Crippen molar-refractivity contribution in [3.8, 4) is 6.07 Å². The molecule has 3 rings (SSSR count). The van der Waals surface area contributed by atoms with E-state index in [9.17, 15) is 19.6 Å². The van der Waals surface area contributed by atoms with Crippen LogP contribution in [-0.4, -0.2) is 67.9 Å². The first-order valence-corrected chi connectivity index (χ1v) is 11.5. The molecule has 3 amide bonds. The summed E-state index contributed by atoms with van der Waals surface area (Å²) < 4.78 is 0. The number of nitrogens with two attached hydrogens (primary N) is 1. The fourth-order valence-corrected chi connectivity index (χ4v) is 4.03. The number of amides is 3. The molecule has 1 aliphatic rings. The zero-order valence-corrected chi connectivity index (χ0v) is 20.5. The number of hydrogen-bond donors (Lipinski definition) is 4. The molecule has 1 saturated heterocycles. The minimum atomic E-state index is -0.911. The molecular formula is C22H28ClN9O3. The fourth-order valence-electron chi connectivity index (χ4n) is 3.85. The van der Waals surface area contributed by atoms with Crippen LogP contribution in [0.1, 0.15) is 49.8 Å². The molecule has 0 bridgehead atoms. The van der Waals surface area contributed by atoms with Crippen molar-refractivity contribution in [3.63, 3.8) is 0 Å². The van der Waals surface area contributed by atoms with E-state index in [1.54, 1.807) is 0 Å². The third-order valence-corrected chi connectivity index (χ3v) is 6.07. The summed E-state index contributed by atoms with van der Waals surface area (Å²) in [6.07, 6.45) is 1.13. The average molecular weight is 502 g/mol. The van der Waals surface area contributed by atoms with Gasteiger partial charge in [0.25, 0.3) is 5.91 Å². The van der Waals surface area contributed by atoms with Crippen molar-refractivity contribution in [3.05, 3.63) is 34.6 Å². The van der Waals surface area contributed by atoms with E-state index in [4.69, 9.17) is 17.3 Å². The number of aromatic nitrogens is 4. The van der Waals surface area contributed by atoms with Crippen molar-refractivity contribution in [2.45, 2.75) is 58.2 Å². The number of H-pyrrole nitrogens is 1. The van der Waals surface area contributed by atoms with Crippen LogP contribution < -0.4 is 16.4 Å². The maximum atomic E-state index is 13.6. The van der Waals surface area contributed by atoms with Crippen LogP contribution >= 0.6 is 11.6 Å². The summed E-state index contributed by atoms with van der Waals surface area (Å²) in [5, 5.41) is 28.5. The lowest BCUT2D eigenvalue weighted by atomic mass is 9.85. The van der Waals surface area contributed by atoms with Gasteiger partial charge in [-0.1, -0.05) is 37.6 Å². The molecule has 0 spiro atoms. The molecule has 3 atom stereocenters. The van der Waals surface area contributed by atoms with Gasteiger partial charge in [0.05, 0.1) is 16.8 Å². The molecule has 2 aromatic rings. The van der Waals surface area contributed by atoms with Gasteiger partial charge in [0.2, 0.25) is 11.8 Å². The molecule has 13 heteroatoms. The molecule has 1 aromatic heterocycles. The number of tetrazole rings is 1. The summed E-state index contributed by atoms with van der Waals surface area (Å²) in [5.41, 5.74) is 5.68. The van der Waals surface area contributed by atoms with Crippen LogP contribution in [0.2, 0.25) is 5.02 Å². The predicted octanol–water partition coefficient (Wildman–Crippen LogP) is 0.822. The minimum absolute atomic E-state index is 0.0736. The van der Waals surface area contributed by atoms with Crippen molar-refractivity contribution in [2.75, 3.05) is 12.3 Å². The van der Waals surface area contributed by atoms with E-state index in [1.165, 1.54) is 23.1 Å². The lowest BCUT2D eigenvalue weighted by Crippen LogP contribution is -2.58. The van der Waals surface area contributed by atoms with Gasteiger partial charge in [-0.2, -0.15) is 10.5 Å². The lowest BCUT2D eigenvalue weighted by Gasteiger charge is -2.35. The van der Waals surface area contributed by atoms with Crippen molar-refractivity contribution in [1.29, 1.82) is 5.26 Å². The predicted molar refractivity (Wildman–Crippen MR) is 127 cm³/mol. The van der Waals surface area contributed by atoms with Gasteiger partial charge in [0.15, 0.2) is 5.82 Å². The number of nitrogen functional groups attached to an aromatic ring is 1. The Hall–Kier alpha value is -3.72. The summed E-state index contributed by atoms with van der Waals surface area (Å²) in [6.45, 7) is 5.84. The fraction of sp³-hybridized carbons (Fsp3) is 0.500. The second kappa shape index (κ2) is 10.7. The van der Waals surface area contributed by atoms with E-state index in [0.29, 0.717) is 25.1 Å². The molecule has 12 nitrogen and oxygen atoms in total. The summed E-state index contributed by atoms with van der Waals surface area (Å²) >= 11 is 6.04. The second-order valence-electron chi connectivity index (χ2n) is 9.42. The zero-order chi connectivity index (χ0) is 25.8. The molecule has 5 N–H and O–H groups in total. The smallest absolute Gasteiger partial charge is 0.252 e. The number of nitriles is 1. The molecule has 35 heavy (non-hydrogen) atoms. The normalized spacial score (nSPS) is 17.3. The van der Waals surface area contributed by atoms with Crippen molar-refractivity contribution >= 4 is 35.0 Å². The van der Waals surface area contributed by atoms with E-state index < -0.39 is 35.4 Å². The average Bonchev–Trinajstić information content (AvgIpc) is 3.49. The van der Waals surface area contributed by atoms with Crippen LogP contribution in [0.15, 0.2) is 18.2 Å². The summed E-state index contributed by atoms with van der Waals surface area (Å²) in [6, 6.07) is 3.93. The Kier molecular flexibility index (Phi) is 7.91. The summed E-state index contributed by atoms with van der Waals surface area (Å²) in [7, 11) is 0. The molecule has 0 saturated carbocycles. The topological polar surface area (TPSA) is 183 Å². The van der Waals surface area contributed by atoms with Crippen LogP contribution in [0.5, 0.6) is 0 Å². The molecule has 0 radical (unpaired) electrons. The number of benzene rings is 1. The number of carbonyl (C=O) groups is 3. The standard InChI is InChI=1S/C22H28ClN9O3/c1-22(2,3)18(27-19(33)12-6-7-15(25)14(23)9-12)21(35)32-8-4-5-16(32)20(34)26-13(11-24)10-17-28-30-31-29-17/h6-7,9,13,16,18H,4-5,8,10,25H2,1-3H3,(H,26,34)(H,27,33)(H,28,29,30,31)/t13-,16-,18+/m0/s1. The Morgan fingerprint density at radius 2 is 2.09 bits per heavy atom. The Balaban J connectivity index is 1.74. The van der Waals surface area contributed by atoms with Gasteiger partial charge in [0.1, 0.15) is 18.1 Å². The summed E-state index contributed by atoms with van der Waals surface area (Å²) in [5.74, 6) is -1.02. The second-order valence-corrected chi connectivity index (χ2v) is 9.83. The van der Waals surface area contributed by atoms with E-state index in [0.717, 1.165) is 0 Å². The molecule has 0 aliphatic carbocycles. The highest BCUT2D eigenvalue weighted by Crippen LogP contribution is 2.27. The number of nitrogens with one attached hydrogen (secondary N) is 3. The molecule has 1 aliphatic heterocycles. The molecule has 1 aromatic carbocycles. The van der Waals surface area contributed by atoms with Crippen molar-refractivity contribution < 1.29 is 14.4 Å².